The van der Waals surface area contributed by atoms with E-state index in [9.17, 15) is 17.6 Å². The summed E-state index contributed by atoms with van der Waals surface area (Å²) in [5.74, 6) is -0.797. The predicted molar refractivity (Wildman–Crippen MR) is 103 cm³/mol. The van der Waals surface area contributed by atoms with Crippen LogP contribution in [-0.4, -0.2) is 21.4 Å². The van der Waals surface area contributed by atoms with Crippen LogP contribution in [0.25, 0.3) is 0 Å². The summed E-state index contributed by atoms with van der Waals surface area (Å²) in [6.45, 7) is 0. The second kappa shape index (κ2) is 7.59. The van der Waals surface area contributed by atoms with E-state index in [2.05, 4.69) is 4.72 Å². The maximum absolute atomic E-state index is 13.0. The minimum Gasteiger partial charge on any atom is -0.311 e. The van der Waals surface area contributed by atoms with Crippen LogP contribution in [0.3, 0.4) is 0 Å². The van der Waals surface area contributed by atoms with Gasteiger partial charge >= 0.3 is 0 Å². The zero-order chi connectivity index (χ0) is 19.4. The molecule has 1 amide bonds. The second-order valence-corrected chi connectivity index (χ2v) is 7.52. The lowest BCUT2D eigenvalue weighted by atomic mass is 10.2. The molecule has 5 nitrogen and oxygen atoms in total. The lowest BCUT2D eigenvalue weighted by Crippen LogP contribution is -2.26. The van der Waals surface area contributed by atoms with E-state index in [1.165, 1.54) is 35.2 Å². The molecule has 3 rings (SSSR count). The minimum atomic E-state index is -3.92. The van der Waals surface area contributed by atoms with Crippen LogP contribution in [0, 0.1) is 5.82 Å². The maximum atomic E-state index is 13.0. The van der Waals surface area contributed by atoms with Crippen molar-refractivity contribution in [3.63, 3.8) is 0 Å². The Bertz CT molecular complexity index is 1050. The molecule has 3 aromatic rings. The molecular formula is C20H17FN2O3S. The van der Waals surface area contributed by atoms with Crippen molar-refractivity contribution in [3.05, 3.63) is 90.2 Å². The number of benzene rings is 3. The number of hydrogen-bond donors (Lipinski definition) is 1. The molecule has 0 aliphatic heterocycles. The van der Waals surface area contributed by atoms with Gasteiger partial charge in [-0.2, -0.15) is 0 Å². The second-order valence-electron chi connectivity index (χ2n) is 5.84. The van der Waals surface area contributed by atoms with Gasteiger partial charge in [0, 0.05) is 24.0 Å². The summed E-state index contributed by atoms with van der Waals surface area (Å²) in [4.78, 5) is 14.1. The van der Waals surface area contributed by atoms with Crippen molar-refractivity contribution in [2.75, 3.05) is 16.7 Å². The van der Waals surface area contributed by atoms with Crippen LogP contribution >= 0.6 is 0 Å². The summed E-state index contributed by atoms with van der Waals surface area (Å²) in [6, 6.07) is 19.8. The highest BCUT2D eigenvalue weighted by molar-refractivity contribution is 7.92. The summed E-state index contributed by atoms with van der Waals surface area (Å²) >= 11 is 0. The van der Waals surface area contributed by atoms with Gasteiger partial charge in [0.15, 0.2) is 0 Å². The first-order chi connectivity index (χ1) is 12.9. The van der Waals surface area contributed by atoms with Gasteiger partial charge in [0.2, 0.25) is 0 Å². The van der Waals surface area contributed by atoms with E-state index in [0.717, 1.165) is 12.1 Å². The Balaban J connectivity index is 1.86. The van der Waals surface area contributed by atoms with E-state index in [4.69, 9.17) is 0 Å². The monoisotopic (exact) mass is 384 g/mol. The Hall–Kier alpha value is -3.19. The Morgan fingerprint density at radius 2 is 1.59 bits per heavy atom. The molecule has 0 aromatic heterocycles. The van der Waals surface area contributed by atoms with Crippen LogP contribution in [0.4, 0.5) is 15.8 Å². The van der Waals surface area contributed by atoms with E-state index in [0.29, 0.717) is 5.69 Å². The van der Waals surface area contributed by atoms with E-state index < -0.39 is 15.8 Å². The van der Waals surface area contributed by atoms with Crippen LogP contribution in [0.15, 0.2) is 83.8 Å². The number of nitrogens with one attached hydrogen (secondary N) is 1. The number of amides is 1. The molecule has 0 heterocycles. The van der Waals surface area contributed by atoms with Crippen molar-refractivity contribution in [1.82, 2.24) is 0 Å². The average Bonchev–Trinajstić information content (AvgIpc) is 2.69. The van der Waals surface area contributed by atoms with Crippen LogP contribution in [-0.2, 0) is 10.0 Å². The topological polar surface area (TPSA) is 66.5 Å². The van der Waals surface area contributed by atoms with Crippen LogP contribution in [0.5, 0.6) is 0 Å². The molecule has 3 aromatic carbocycles. The van der Waals surface area contributed by atoms with Crippen molar-refractivity contribution in [3.8, 4) is 0 Å². The number of sulfonamides is 1. The first-order valence-corrected chi connectivity index (χ1v) is 9.57. The molecule has 0 radical (unpaired) electrons. The Kier molecular flexibility index (Phi) is 5.23. The van der Waals surface area contributed by atoms with Crippen LogP contribution in [0.1, 0.15) is 10.4 Å². The molecule has 0 bridgehead atoms. The molecular weight excluding hydrogens is 367 g/mol. The summed E-state index contributed by atoms with van der Waals surface area (Å²) in [7, 11) is -2.30. The number of nitrogens with zero attached hydrogens (tertiary/aromatic N) is 1. The van der Waals surface area contributed by atoms with Crippen molar-refractivity contribution in [2.45, 2.75) is 4.90 Å². The summed E-state index contributed by atoms with van der Waals surface area (Å²) in [5, 5.41) is 0. The Morgan fingerprint density at radius 3 is 2.26 bits per heavy atom. The molecule has 0 unspecified atom stereocenters. The number of para-hydroxylation sites is 1. The van der Waals surface area contributed by atoms with E-state index in [-0.39, 0.29) is 22.1 Å². The van der Waals surface area contributed by atoms with Gasteiger partial charge in [-0.15, -0.1) is 0 Å². The molecule has 0 spiro atoms. The first kappa shape index (κ1) is 18.6. The fourth-order valence-electron chi connectivity index (χ4n) is 2.49. The number of rotatable bonds is 5. The van der Waals surface area contributed by atoms with Gasteiger partial charge in [-0.3, -0.25) is 9.52 Å². The van der Waals surface area contributed by atoms with Gasteiger partial charge in [0.25, 0.3) is 15.9 Å². The molecule has 1 N–H and O–H groups in total. The van der Waals surface area contributed by atoms with Gasteiger partial charge < -0.3 is 4.90 Å². The third kappa shape index (κ3) is 4.32. The molecule has 0 fully saturated rings. The molecule has 138 valence electrons. The van der Waals surface area contributed by atoms with Crippen molar-refractivity contribution < 1.29 is 17.6 Å². The third-order valence-electron chi connectivity index (χ3n) is 3.94. The quantitative estimate of drug-likeness (QED) is 0.725. The zero-order valence-corrected chi connectivity index (χ0v) is 15.3. The summed E-state index contributed by atoms with van der Waals surface area (Å²) in [6.07, 6.45) is 0. The smallest absolute Gasteiger partial charge is 0.261 e. The highest BCUT2D eigenvalue weighted by Crippen LogP contribution is 2.20. The molecule has 7 heteroatoms. The van der Waals surface area contributed by atoms with E-state index in [1.54, 1.807) is 25.2 Å². The van der Waals surface area contributed by atoms with Crippen LogP contribution in [0.2, 0.25) is 0 Å². The van der Waals surface area contributed by atoms with Gasteiger partial charge in [0.1, 0.15) is 5.82 Å². The predicted octanol–water partition coefficient (Wildman–Crippen LogP) is 3.90. The summed E-state index contributed by atoms with van der Waals surface area (Å²) < 4.78 is 40.5. The van der Waals surface area contributed by atoms with E-state index >= 15 is 0 Å². The number of halogens is 1. The lowest BCUT2D eigenvalue weighted by Gasteiger charge is -2.17. The van der Waals surface area contributed by atoms with Crippen molar-refractivity contribution in [2.24, 2.45) is 0 Å². The van der Waals surface area contributed by atoms with Gasteiger partial charge in [-0.05, 0) is 54.6 Å². The summed E-state index contributed by atoms with van der Waals surface area (Å²) in [5.41, 5.74) is 1.16. The van der Waals surface area contributed by atoms with Crippen molar-refractivity contribution in [1.29, 1.82) is 0 Å². The number of hydrogen-bond acceptors (Lipinski definition) is 3. The SMILES string of the molecule is CN(C(=O)c1cccc(S(=O)(=O)Nc2ccc(F)cc2)c1)c1ccccc1. The Labute approximate surface area is 157 Å². The zero-order valence-electron chi connectivity index (χ0n) is 14.5. The number of carbonyl (C=O) groups is 1. The highest BCUT2D eigenvalue weighted by Gasteiger charge is 2.19. The van der Waals surface area contributed by atoms with Crippen LogP contribution < -0.4 is 9.62 Å². The van der Waals surface area contributed by atoms with E-state index in [1.807, 2.05) is 18.2 Å². The van der Waals surface area contributed by atoms with Gasteiger partial charge in [-0.1, -0.05) is 24.3 Å². The van der Waals surface area contributed by atoms with Crippen molar-refractivity contribution >= 4 is 27.3 Å². The molecule has 0 saturated carbocycles. The average molecular weight is 384 g/mol. The highest BCUT2D eigenvalue weighted by atomic mass is 32.2. The Morgan fingerprint density at radius 1 is 0.926 bits per heavy atom. The maximum Gasteiger partial charge on any atom is 0.261 e. The third-order valence-corrected chi connectivity index (χ3v) is 5.31. The normalized spacial score (nSPS) is 11.0. The molecule has 0 atom stereocenters. The largest absolute Gasteiger partial charge is 0.311 e. The van der Waals surface area contributed by atoms with Gasteiger partial charge in [0.05, 0.1) is 4.90 Å². The fraction of sp³-hybridized carbons (Fsp3) is 0.0500. The number of carbonyl (C=O) groups excluding carboxylic acids is 1. The minimum absolute atomic E-state index is 0.0564. The molecule has 0 saturated heterocycles. The fourth-order valence-corrected chi connectivity index (χ4v) is 3.59. The first-order valence-electron chi connectivity index (χ1n) is 8.08. The lowest BCUT2D eigenvalue weighted by molar-refractivity contribution is 0.0993. The standard InChI is InChI=1S/C20H17FN2O3S/c1-23(18-7-3-2-4-8-18)20(24)15-6-5-9-19(14-15)27(25,26)22-17-12-10-16(21)11-13-17/h2-14,22H,1H3. The van der Waals surface area contributed by atoms with Gasteiger partial charge in [-0.25, -0.2) is 12.8 Å². The molecule has 0 aliphatic rings. The number of anilines is 2. The molecule has 27 heavy (non-hydrogen) atoms. The molecule has 0 aliphatic carbocycles.